The molecule has 1 N–H and O–H groups in total. The minimum atomic E-state index is -0.214. The van der Waals surface area contributed by atoms with Crippen molar-refractivity contribution in [2.45, 2.75) is 79.1 Å². The average Bonchev–Trinajstić information content (AvgIpc) is 2.81. The molecular weight excluding hydrogens is 468 g/mol. The molecule has 0 heterocycles. The Morgan fingerprint density at radius 3 is 1.54 bits per heavy atom. The molecule has 192 valence electrons. The number of hydrogen-bond acceptors (Lipinski definition) is 6. The third-order valence-electron chi connectivity index (χ3n) is 4.73. The summed E-state index contributed by atoms with van der Waals surface area (Å²) < 4.78 is 5.15. The largest absolute Gasteiger partial charge is 0.508 e. The van der Waals surface area contributed by atoms with Crippen LogP contribution in [0.3, 0.4) is 0 Å². The lowest BCUT2D eigenvalue weighted by molar-refractivity contribution is -0.134. The summed E-state index contributed by atoms with van der Waals surface area (Å²) in [5.41, 5.74) is 1.24. The van der Waals surface area contributed by atoms with E-state index in [0.29, 0.717) is 29.7 Å². The number of Topliss-reactive ketones (excluding diaryl/α,β-unsaturated/α-hetero) is 2. The van der Waals surface area contributed by atoms with Crippen LogP contribution in [0.25, 0.3) is 0 Å². The number of hydrogen-bond donors (Lipinski definition) is 1. The number of rotatable bonds is 11. The molecule has 0 atom stereocenters. The van der Waals surface area contributed by atoms with Gasteiger partial charge in [-0.25, -0.2) is 0 Å². The van der Waals surface area contributed by atoms with Gasteiger partial charge in [0.2, 0.25) is 5.24 Å². The fraction of sp³-hybridized carbons (Fsp3) is 0.429. The van der Waals surface area contributed by atoms with E-state index in [4.69, 9.17) is 21.4 Å². The zero-order valence-electron chi connectivity index (χ0n) is 21.1. The highest BCUT2D eigenvalue weighted by molar-refractivity contribution is 6.63. The van der Waals surface area contributed by atoms with E-state index in [1.807, 2.05) is 0 Å². The first-order valence-corrected chi connectivity index (χ1v) is 12.3. The number of benzene rings is 2. The van der Waals surface area contributed by atoms with E-state index >= 15 is 0 Å². The second-order valence-electron chi connectivity index (χ2n) is 7.93. The van der Waals surface area contributed by atoms with Crippen molar-refractivity contribution in [1.82, 2.24) is 0 Å². The van der Waals surface area contributed by atoms with Gasteiger partial charge in [0.1, 0.15) is 11.5 Å². The first-order chi connectivity index (χ1) is 16.6. The summed E-state index contributed by atoms with van der Waals surface area (Å²) in [6.45, 7) is 7.18. The Bertz CT molecular complexity index is 904. The van der Waals surface area contributed by atoms with Gasteiger partial charge in [0.25, 0.3) is 0 Å². The number of phenols is 1. The fourth-order valence-corrected chi connectivity index (χ4v) is 2.80. The van der Waals surface area contributed by atoms with Gasteiger partial charge in [-0.1, -0.05) is 39.5 Å². The van der Waals surface area contributed by atoms with E-state index in [0.717, 1.165) is 38.5 Å². The standard InChI is InChI=1S/C14H18O3.C8H8O2.C6H11ClO/c1-3-4-5-6-14(16)17-13-9-7-12(8-10-13)11(2)15;1-6(9)7-2-4-8(10)5-3-7;1-2-3-4-5-6(7)8/h7-10H,3-6H2,1-2H3;2-5,10H,1H3;2-5H2,1H3. The summed E-state index contributed by atoms with van der Waals surface area (Å²) in [5, 5.41) is 8.62. The molecule has 0 fully saturated rings. The van der Waals surface area contributed by atoms with Crippen molar-refractivity contribution in [1.29, 1.82) is 0 Å². The summed E-state index contributed by atoms with van der Waals surface area (Å²) in [7, 11) is 0. The molecule has 0 saturated carbocycles. The molecule has 0 amide bonds. The van der Waals surface area contributed by atoms with Crippen molar-refractivity contribution < 1.29 is 29.0 Å². The molecule has 0 saturated heterocycles. The summed E-state index contributed by atoms with van der Waals surface area (Å²) in [6, 6.07) is 12.8. The Labute approximate surface area is 213 Å². The summed E-state index contributed by atoms with van der Waals surface area (Å²) >= 11 is 5.07. The van der Waals surface area contributed by atoms with Gasteiger partial charge < -0.3 is 9.84 Å². The highest BCUT2D eigenvalue weighted by Crippen LogP contribution is 2.14. The zero-order chi connectivity index (χ0) is 26.6. The quantitative estimate of drug-likeness (QED) is 0.113. The minimum Gasteiger partial charge on any atom is -0.508 e. The molecule has 0 bridgehead atoms. The smallest absolute Gasteiger partial charge is 0.311 e. The lowest BCUT2D eigenvalue weighted by Gasteiger charge is -2.04. The van der Waals surface area contributed by atoms with Crippen LogP contribution >= 0.6 is 11.6 Å². The van der Waals surface area contributed by atoms with Gasteiger partial charge in [-0.15, -0.1) is 0 Å². The van der Waals surface area contributed by atoms with Crippen molar-refractivity contribution in [3.8, 4) is 11.5 Å². The molecule has 0 aliphatic heterocycles. The van der Waals surface area contributed by atoms with Gasteiger partial charge in [0.05, 0.1) is 0 Å². The van der Waals surface area contributed by atoms with Gasteiger partial charge in [-0.05, 0) is 86.8 Å². The SMILES string of the molecule is CC(=O)c1ccc(O)cc1.CCCCCC(=O)Cl.CCCCCC(=O)Oc1ccc(C(C)=O)cc1. The third-order valence-corrected chi connectivity index (χ3v) is 4.92. The van der Waals surface area contributed by atoms with E-state index in [9.17, 15) is 19.2 Å². The van der Waals surface area contributed by atoms with Crippen LogP contribution in [0, 0.1) is 0 Å². The maximum Gasteiger partial charge on any atom is 0.311 e. The van der Waals surface area contributed by atoms with Crippen LogP contribution in [-0.4, -0.2) is 27.9 Å². The lowest BCUT2D eigenvalue weighted by Crippen LogP contribution is -2.07. The Balaban J connectivity index is 0.000000545. The molecule has 7 heteroatoms. The number of aromatic hydroxyl groups is 1. The summed E-state index contributed by atoms with van der Waals surface area (Å²) in [6.07, 6.45) is 7.17. The number of unbranched alkanes of at least 4 members (excludes halogenated alkanes) is 4. The molecule has 6 nitrogen and oxygen atoms in total. The molecule has 0 radical (unpaired) electrons. The predicted octanol–water partition coefficient (Wildman–Crippen LogP) is 7.30. The molecule has 0 spiro atoms. The Morgan fingerprint density at radius 2 is 1.14 bits per heavy atom. The van der Waals surface area contributed by atoms with Gasteiger partial charge in [0.15, 0.2) is 11.6 Å². The number of esters is 1. The lowest BCUT2D eigenvalue weighted by atomic mass is 10.1. The Hall–Kier alpha value is -2.99. The molecule has 2 aromatic carbocycles. The van der Waals surface area contributed by atoms with Crippen LogP contribution in [-0.2, 0) is 9.59 Å². The van der Waals surface area contributed by atoms with Crippen molar-refractivity contribution in [2.24, 2.45) is 0 Å². The van der Waals surface area contributed by atoms with Crippen LogP contribution in [0.1, 0.15) is 99.8 Å². The maximum atomic E-state index is 11.4. The second kappa shape index (κ2) is 19.3. The molecular formula is C28H37ClO6. The molecule has 0 aliphatic rings. The molecule has 2 rings (SSSR count). The highest BCUT2D eigenvalue weighted by atomic mass is 35.5. The van der Waals surface area contributed by atoms with E-state index in [1.165, 1.54) is 26.0 Å². The van der Waals surface area contributed by atoms with Crippen molar-refractivity contribution in [2.75, 3.05) is 0 Å². The Kier molecular flexibility index (Phi) is 17.7. The van der Waals surface area contributed by atoms with Gasteiger partial charge in [-0.2, -0.15) is 0 Å². The van der Waals surface area contributed by atoms with Crippen molar-refractivity contribution in [3.05, 3.63) is 59.7 Å². The fourth-order valence-electron chi connectivity index (χ4n) is 2.67. The van der Waals surface area contributed by atoms with Crippen LogP contribution < -0.4 is 4.74 Å². The first kappa shape index (κ1) is 32.0. The molecule has 35 heavy (non-hydrogen) atoms. The molecule has 0 aromatic heterocycles. The van der Waals surface area contributed by atoms with Crippen LogP contribution in [0.5, 0.6) is 11.5 Å². The Morgan fingerprint density at radius 1 is 0.714 bits per heavy atom. The van der Waals surface area contributed by atoms with Crippen molar-refractivity contribution in [3.63, 3.8) is 0 Å². The van der Waals surface area contributed by atoms with Gasteiger partial charge in [0, 0.05) is 24.0 Å². The highest BCUT2D eigenvalue weighted by Gasteiger charge is 2.05. The third kappa shape index (κ3) is 17.1. The van der Waals surface area contributed by atoms with E-state index in [-0.39, 0.29) is 28.5 Å². The molecule has 2 aromatic rings. The maximum absolute atomic E-state index is 11.4. The monoisotopic (exact) mass is 504 g/mol. The average molecular weight is 505 g/mol. The van der Waals surface area contributed by atoms with Gasteiger partial charge >= 0.3 is 5.97 Å². The molecule has 0 aliphatic carbocycles. The summed E-state index contributed by atoms with van der Waals surface area (Å²) in [5.74, 6) is 0.487. The van der Waals surface area contributed by atoms with E-state index in [2.05, 4.69) is 13.8 Å². The number of ether oxygens (including phenoxy) is 1. The van der Waals surface area contributed by atoms with Gasteiger partial charge in [-0.3, -0.25) is 19.2 Å². The van der Waals surface area contributed by atoms with Crippen LogP contribution in [0.15, 0.2) is 48.5 Å². The normalized spacial score (nSPS) is 9.63. The summed E-state index contributed by atoms with van der Waals surface area (Å²) in [4.78, 5) is 43.2. The second-order valence-corrected chi connectivity index (χ2v) is 8.35. The van der Waals surface area contributed by atoms with E-state index < -0.39 is 0 Å². The van der Waals surface area contributed by atoms with Crippen LogP contribution in [0.2, 0.25) is 0 Å². The molecule has 0 unspecified atom stereocenters. The number of phenolic OH excluding ortho intramolecular Hbond substituents is 1. The van der Waals surface area contributed by atoms with Crippen LogP contribution in [0.4, 0.5) is 0 Å². The predicted molar refractivity (Wildman–Crippen MR) is 139 cm³/mol. The zero-order valence-corrected chi connectivity index (χ0v) is 21.9. The number of ketones is 2. The van der Waals surface area contributed by atoms with Crippen molar-refractivity contribution >= 4 is 34.4 Å². The topological polar surface area (TPSA) is 97.7 Å². The first-order valence-electron chi connectivity index (χ1n) is 11.9. The van der Waals surface area contributed by atoms with E-state index in [1.54, 1.807) is 36.4 Å². The minimum absolute atomic E-state index is 0.00539. The number of halogens is 1. The number of carbonyl (C=O) groups is 4. The number of carbonyl (C=O) groups excluding carboxylic acids is 4.